The molecule has 0 saturated carbocycles. The number of nitrogens with zero attached hydrogens (tertiary/aromatic N) is 2. The van der Waals surface area contributed by atoms with Gasteiger partial charge < -0.3 is 9.72 Å². The molecule has 7 heteroatoms. The number of fused-ring (bicyclic) bond motifs is 1. The van der Waals surface area contributed by atoms with Gasteiger partial charge in [-0.3, -0.25) is 10.1 Å². The first-order chi connectivity index (χ1) is 15.1. The van der Waals surface area contributed by atoms with E-state index in [1.807, 2.05) is 54.7 Å². The molecule has 31 heavy (non-hydrogen) atoms. The largest absolute Gasteiger partial charge is 0.489 e. The molecule has 1 N–H and O–H groups in total. The topological polar surface area (TPSA) is 91.9 Å². The van der Waals surface area contributed by atoms with E-state index < -0.39 is 5.92 Å². The molecule has 0 radical (unpaired) electrons. The van der Waals surface area contributed by atoms with Gasteiger partial charge in [-0.1, -0.05) is 52.3 Å². The summed E-state index contributed by atoms with van der Waals surface area (Å²) >= 11 is 3.49. The number of aromatic amines is 1. The zero-order valence-electron chi connectivity index (χ0n) is 16.4. The van der Waals surface area contributed by atoms with E-state index in [1.54, 1.807) is 18.2 Å². The fourth-order valence-electron chi connectivity index (χ4n) is 3.73. The molecule has 1 heterocycles. The Balaban J connectivity index is 1.76. The van der Waals surface area contributed by atoms with Crippen LogP contribution in [0.25, 0.3) is 10.9 Å². The van der Waals surface area contributed by atoms with Gasteiger partial charge in [0.1, 0.15) is 12.4 Å². The second-order valence-corrected chi connectivity index (χ2v) is 8.01. The van der Waals surface area contributed by atoms with Crippen LogP contribution in [0.1, 0.15) is 28.2 Å². The van der Waals surface area contributed by atoms with Gasteiger partial charge in [0.2, 0.25) is 6.54 Å². The standard InChI is InChI=1S/C24H18BrN3O3/c25-18-9-10-24(31-15-17-6-2-1-5-16(17)12-26)20(11-18)22(14-28(29)30)21-13-27-23-8-4-3-7-19(21)23/h1-11,13,22,27H,14-15H2/t22-/m1/s1. The fourth-order valence-corrected chi connectivity index (χ4v) is 4.11. The van der Waals surface area contributed by atoms with Gasteiger partial charge in [0.25, 0.3) is 0 Å². The molecule has 0 saturated heterocycles. The van der Waals surface area contributed by atoms with Gasteiger partial charge in [-0.2, -0.15) is 5.26 Å². The highest BCUT2D eigenvalue weighted by atomic mass is 79.9. The van der Waals surface area contributed by atoms with Gasteiger partial charge >= 0.3 is 0 Å². The number of nitrogens with one attached hydrogen (secondary N) is 1. The lowest BCUT2D eigenvalue weighted by atomic mass is 9.90. The van der Waals surface area contributed by atoms with Crippen molar-refractivity contribution >= 4 is 26.8 Å². The first-order valence-electron chi connectivity index (χ1n) is 9.65. The maximum atomic E-state index is 11.6. The first kappa shape index (κ1) is 20.6. The van der Waals surface area contributed by atoms with Crippen molar-refractivity contribution in [2.24, 2.45) is 0 Å². The minimum absolute atomic E-state index is 0.192. The number of halogens is 1. The molecule has 1 aromatic heterocycles. The van der Waals surface area contributed by atoms with Crippen LogP contribution in [0.3, 0.4) is 0 Å². The zero-order valence-corrected chi connectivity index (χ0v) is 18.0. The molecule has 0 spiro atoms. The molecule has 1 atom stereocenters. The Morgan fingerprint density at radius 2 is 1.87 bits per heavy atom. The van der Waals surface area contributed by atoms with Crippen molar-refractivity contribution in [3.63, 3.8) is 0 Å². The monoisotopic (exact) mass is 475 g/mol. The number of nitro groups is 1. The zero-order chi connectivity index (χ0) is 21.8. The average molecular weight is 476 g/mol. The molecule has 0 bridgehead atoms. The highest BCUT2D eigenvalue weighted by Gasteiger charge is 2.26. The molecule has 3 aromatic carbocycles. The van der Waals surface area contributed by atoms with Gasteiger partial charge in [-0.05, 0) is 35.9 Å². The molecular weight excluding hydrogens is 458 g/mol. The Morgan fingerprint density at radius 1 is 1.10 bits per heavy atom. The van der Waals surface area contributed by atoms with Crippen molar-refractivity contribution in [3.05, 3.63) is 110 Å². The summed E-state index contributed by atoms with van der Waals surface area (Å²) in [6, 6.07) is 22.6. The van der Waals surface area contributed by atoms with Gasteiger partial charge in [0.15, 0.2) is 0 Å². The lowest BCUT2D eigenvalue weighted by Crippen LogP contribution is -2.15. The van der Waals surface area contributed by atoms with E-state index >= 15 is 0 Å². The first-order valence-corrected chi connectivity index (χ1v) is 10.4. The summed E-state index contributed by atoms with van der Waals surface area (Å²) in [6.45, 7) is -0.0825. The van der Waals surface area contributed by atoms with E-state index in [4.69, 9.17) is 4.74 Å². The second-order valence-electron chi connectivity index (χ2n) is 7.10. The molecule has 4 aromatic rings. The van der Waals surface area contributed by atoms with Gasteiger partial charge in [0, 0.05) is 37.6 Å². The van der Waals surface area contributed by atoms with E-state index in [9.17, 15) is 15.4 Å². The predicted octanol–water partition coefficient (Wildman–Crippen LogP) is 5.79. The molecule has 0 unspecified atom stereocenters. The molecule has 0 fully saturated rings. The van der Waals surface area contributed by atoms with Crippen LogP contribution in [-0.4, -0.2) is 16.5 Å². The van der Waals surface area contributed by atoms with Crippen LogP contribution in [0.2, 0.25) is 0 Å². The minimum Gasteiger partial charge on any atom is -0.489 e. The van der Waals surface area contributed by atoms with Crippen LogP contribution in [0.5, 0.6) is 5.75 Å². The SMILES string of the molecule is N#Cc1ccccc1COc1ccc(Br)cc1[C@@H](C[N+](=O)[O-])c1c[nH]c2ccccc12. The van der Waals surface area contributed by atoms with Crippen molar-refractivity contribution in [2.75, 3.05) is 6.54 Å². The summed E-state index contributed by atoms with van der Waals surface area (Å²) in [5.41, 5.74) is 3.78. The van der Waals surface area contributed by atoms with Crippen LogP contribution in [0.4, 0.5) is 0 Å². The Labute approximate surface area is 187 Å². The van der Waals surface area contributed by atoms with Crippen molar-refractivity contribution in [1.82, 2.24) is 4.98 Å². The summed E-state index contributed by atoms with van der Waals surface area (Å²) in [4.78, 5) is 14.5. The second kappa shape index (κ2) is 9.02. The minimum atomic E-state index is -0.509. The lowest BCUT2D eigenvalue weighted by molar-refractivity contribution is -0.481. The molecule has 0 aliphatic carbocycles. The number of rotatable bonds is 7. The normalized spacial score (nSPS) is 11.7. The van der Waals surface area contributed by atoms with E-state index in [0.717, 1.165) is 26.5 Å². The highest BCUT2D eigenvalue weighted by Crippen LogP contribution is 2.37. The van der Waals surface area contributed by atoms with E-state index in [-0.39, 0.29) is 18.1 Å². The number of H-pyrrole nitrogens is 1. The highest BCUT2D eigenvalue weighted by molar-refractivity contribution is 9.10. The Bertz CT molecular complexity index is 1290. The number of nitriles is 1. The quantitative estimate of drug-likeness (QED) is 0.270. The van der Waals surface area contributed by atoms with Crippen molar-refractivity contribution < 1.29 is 9.66 Å². The number of hydrogen-bond acceptors (Lipinski definition) is 4. The fraction of sp³-hybridized carbons (Fsp3) is 0.125. The number of hydrogen-bond donors (Lipinski definition) is 1. The third-order valence-electron chi connectivity index (χ3n) is 5.20. The average Bonchev–Trinajstić information content (AvgIpc) is 3.20. The van der Waals surface area contributed by atoms with Crippen molar-refractivity contribution in [1.29, 1.82) is 5.26 Å². The molecular formula is C24H18BrN3O3. The number of aromatic nitrogens is 1. The van der Waals surface area contributed by atoms with E-state index in [0.29, 0.717) is 16.9 Å². The maximum Gasteiger partial charge on any atom is 0.214 e. The predicted molar refractivity (Wildman–Crippen MR) is 122 cm³/mol. The molecule has 0 aliphatic heterocycles. The van der Waals surface area contributed by atoms with E-state index in [1.165, 1.54) is 0 Å². The van der Waals surface area contributed by atoms with Crippen LogP contribution in [-0.2, 0) is 6.61 Å². The molecule has 154 valence electrons. The molecule has 0 amide bonds. The summed E-state index contributed by atoms with van der Waals surface area (Å²) in [6.07, 6.45) is 1.83. The molecule has 4 rings (SSSR count). The van der Waals surface area contributed by atoms with Crippen molar-refractivity contribution in [3.8, 4) is 11.8 Å². The third-order valence-corrected chi connectivity index (χ3v) is 5.69. The van der Waals surface area contributed by atoms with Crippen molar-refractivity contribution in [2.45, 2.75) is 12.5 Å². The Kier molecular flexibility index (Phi) is 6.01. The van der Waals surface area contributed by atoms with Crippen LogP contribution < -0.4 is 4.74 Å². The van der Waals surface area contributed by atoms with Gasteiger partial charge in [-0.15, -0.1) is 0 Å². The van der Waals surface area contributed by atoms with Crippen LogP contribution >= 0.6 is 15.9 Å². The number of ether oxygens (including phenoxy) is 1. The smallest absolute Gasteiger partial charge is 0.214 e. The maximum absolute atomic E-state index is 11.6. The summed E-state index contributed by atoms with van der Waals surface area (Å²) in [5.74, 6) is 0.0398. The van der Waals surface area contributed by atoms with Gasteiger partial charge in [-0.25, -0.2) is 0 Å². The lowest BCUT2D eigenvalue weighted by Gasteiger charge is -2.18. The van der Waals surface area contributed by atoms with Crippen LogP contribution in [0.15, 0.2) is 77.4 Å². The Hall–Kier alpha value is -3.63. The van der Waals surface area contributed by atoms with Crippen LogP contribution in [0, 0.1) is 21.4 Å². The number of benzene rings is 3. The molecule has 0 aliphatic rings. The molecule has 6 nitrogen and oxygen atoms in total. The summed E-state index contributed by atoms with van der Waals surface area (Å²) in [5, 5.41) is 21.8. The Morgan fingerprint density at radius 3 is 2.68 bits per heavy atom. The number of para-hydroxylation sites is 1. The summed E-state index contributed by atoms with van der Waals surface area (Å²) in [7, 11) is 0. The third kappa shape index (κ3) is 4.44. The summed E-state index contributed by atoms with van der Waals surface area (Å²) < 4.78 is 6.89. The van der Waals surface area contributed by atoms with Gasteiger partial charge in [0.05, 0.1) is 17.6 Å². The van der Waals surface area contributed by atoms with E-state index in [2.05, 4.69) is 27.0 Å².